The van der Waals surface area contributed by atoms with Crippen molar-refractivity contribution in [3.63, 3.8) is 0 Å². The molecule has 0 bridgehead atoms. The molecular formula is C26H30O4. The molecule has 1 aliphatic heterocycles. The molecule has 2 fully saturated rings. The highest BCUT2D eigenvalue weighted by molar-refractivity contribution is 5.93. The molecule has 0 saturated heterocycles. The van der Waals surface area contributed by atoms with Gasteiger partial charge in [0.25, 0.3) is 0 Å². The number of benzene rings is 1. The molecule has 4 nitrogen and oxygen atoms in total. The Morgan fingerprint density at radius 2 is 1.93 bits per heavy atom. The third-order valence-corrected chi connectivity index (χ3v) is 8.65. The van der Waals surface area contributed by atoms with Gasteiger partial charge < -0.3 is 14.6 Å². The fourth-order valence-electron chi connectivity index (χ4n) is 7.28. The van der Waals surface area contributed by atoms with E-state index in [0.29, 0.717) is 31.5 Å². The van der Waals surface area contributed by atoms with Crippen molar-refractivity contribution in [1.82, 2.24) is 0 Å². The van der Waals surface area contributed by atoms with Gasteiger partial charge in [-0.3, -0.25) is 4.79 Å². The van der Waals surface area contributed by atoms with Crippen LogP contribution in [-0.4, -0.2) is 30.2 Å². The summed E-state index contributed by atoms with van der Waals surface area (Å²) in [5, 5.41) is 11.0. The first-order valence-corrected chi connectivity index (χ1v) is 11.6. The van der Waals surface area contributed by atoms with E-state index in [0.717, 1.165) is 50.0 Å². The van der Waals surface area contributed by atoms with Crippen LogP contribution in [0.25, 0.3) is 0 Å². The van der Waals surface area contributed by atoms with Crippen LogP contribution < -0.4 is 9.47 Å². The zero-order valence-electron chi connectivity index (χ0n) is 17.7. The van der Waals surface area contributed by atoms with Crippen molar-refractivity contribution in [2.75, 3.05) is 13.2 Å². The number of aliphatic hydroxyl groups excluding tert-OH is 1. The normalized spacial score (nSPS) is 37.3. The van der Waals surface area contributed by atoms with E-state index >= 15 is 0 Å². The molecule has 0 spiro atoms. The average molecular weight is 407 g/mol. The summed E-state index contributed by atoms with van der Waals surface area (Å²) in [7, 11) is 0. The van der Waals surface area contributed by atoms with E-state index < -0.39 is 0 Å². The lowest BCUT2D eigenvalue weighted by molar-refractivity contribution is -0.114. The summed E-state index contributed by atoms with van der Waals surface area (Å²) in [6.45, 7) is 3.48. The molecule has 1 aromatic carbocycles. The summed E-state index contributed by atoms with van der Waals surface area (Å²) < 4.78 is 12.0. The SMILES string of the molecule is CC12CC(c3cccc4c3OCCO4)C3=C4CCC(=O)C=C4CCC3C1CCC2O. The lowest BCUT2D eigenvalue weighted by Crippen LogP contribution is -2.45. The highest BCUT2D eigenvalue weighted by Gasteiger charge is 2.56. The fourth-order valence-corrected chi connectivity index (χ4v) is 7.28. The second-order valence-electron chi connectivity index (χ2n) is 10.0. The largest absolute Gasteiger partial charge is 0.486 e. The first-order chi connectivity index (χ1) is 14.6. The van der Waals surface area contributed by atoms with Gasteiger partial charge in [-0.25, -0.2) is 0 Å². The van der Waals surface area contributed by atoms with Crippen molar-refractivity contribution in [2.24, 2.45) is 17.3 Å². The topological polar surface area (TPSA) is 55.8 Å². The lowest BCUT2D eigenvalue weighted by Gasteiger charge is -2.52. The van der Waals surface area contributed by atoms with Crippen molar-refractivity contribution in [2.45, 2.75) is 63.9 Å². The Morgan fingerprint density at radius 3 is 2.83 bits per heavy atom. The minimum absolute atomic E-state index is 0.0661. The molecule has 30 heavy (non-hydrogen) atoms. The predicted octanol–water partition coefficient (Wildman–Crippen LogP) is 4.72. The molecule has 0 aromatic heterocycles. The number of ether oxygens (including phenoxy) is 2. The average Bonchev–Trinajstić information content (AvgIpc) is 3.06. The molecule has 0 amide bonds. The number of hydrogen-bond acceptors (Lipinski definition) is 4. The molecule has 5 aliphatic rings. The standard InChI is InChI=1S/C26H30O4/c1-26-14-20(18-3-2-4-22-25(18)30-12-11-29-22)24-17-8-6-16(27)13-15(17)5-7-19(24)21(26)9-10-23(26)28/h2-4,13,19-21,23,28H,5-12,14H2,1H3. The summed E-state index contributed by atoms with van der Waals surface area (Å²) in [5.74, 6) is 3.24. The van der Waals surface area contributed by atoms with E-state index in [-0.39, 0.29) is 23.2 Å². The molecule has 0 radical (unpaired) electrons. The molecule has 2 saturated carbocycles. The number of aliphatic hydroxyl groups is 1. The van der Waals surface area contributed by atoms with Crippen LogP contribution in [0, 0.1) is 17.3 Å². The predicted molar refractivity (Wildman–Crippen MR) is 114 cm³/mol. The number of carbonyl (C=O) groups is 1. The highest BCUT2D eigenvalue weighted by Crippen LogP contribution is 2.64. The molecule has 5 unspecified atom stereocenters. The van der Waals surface area contributed by atoms with Gasteiger partial charge in [-0.05, 0) is 79.1 Å². The summed E-state index contributed by atoms with van der Waals surface area (Å²) in [4.78, 5) is 12.1. The van der Waals surface area contributed by atoms with Gasteiger partial charge in [-0.2, -0.15) is 0 Å². The van der Waals surface area contributed by atoms with E-state index in [1.54, 1.807) is 5.57 Å². The van der Waals surface area contributed by atoms with Crippen molar-refractivity contribution in [3.8, 4) is 11.5 Å². The van der Waals surface area contributed by atoms with E-state index in [1.165, 1.54) is 16.7 Å². The van der Waals surface area contributed by atoms with Crippen molar-refractivity contribution in [3.05, 3.63) is 46.6 Å². The Balaban J connectivity index is 1.55. The van der Waals surface area contributed by atoms with Crippen LogP contribution in [-0.2, 0) is 4.79 Å². The number of ketones is 1. The Labute approximate surface area is 178 Å². The van der Waals surface area contributed by atoms with Crippen LogP contribution >= 0.6 is 0 Å². The van der Waals surface area contributed by atoms with Gasteiger partial charge in [-0.1, -0.05) is 24.6 Å². The Hall–Kier alpha value is -2.07. The first-order valence-electron chi connectivity index (χ1n) is 11.6. The van der Waals surface area contributed by atoms with Gasteiger partial charge in [0, 0.05) is 17.9 Å². The van der Waals surface area contributed by atoms with E-state index in [2.05, 4.69) is 19.1 Å². The quantitative estimate of drug-likeness (QED) is 0.733. The molecule has 1 heterocycles. The second kappa shape index (κ2) is 6.71. The zero-order valence-corrected chi connectivity index (χ0v) is 17.7. The van der Waals surface area contributed by atoms with Crippen molar-refractivity contribution in [1.29, 1.82) is 0 Å². The van der Waals surface area contributed by atoms with Gasteiger partial charge in [-0.15, -0.1) is 0 Å². The molecule has 4 aliphatic carbocycles. The van der Waals surface area contributed by atoms with Gasteiger partial charge in [0.15, 0.2) is 17.3 Å². The van der Waals surface area contributed by atoms with Gasteiger partial charge in [0.05, 0.1) is 6.10 Å². The number of hydrogen-bond donors (Lipinski definition) is 1. The van der Waals surface area contributed by atoms with Crippen molar-refractivity contribution < 1.29 is 19.4 Å². The van der Waals surface area contributed by atoms with Crippen LogP contribution in [0.4, 0.5) is 0 Å². The number of carbonyl (C=O) groups excluding carboxylic acids is 1. The van der Waals surface area contributed by atoms with Crippen LogP contribution in [0.15, 0.2) is 41.0 Å². The smallest absolute Gasteiger partial charge is 0.165 e. The maximum absolute atomic E-state index is 12.1. The number of rotatable bonds is 1. The zero-order chi connectivity index (χ0) is 20.5. The molecule has 5 atom stereocenters. The van der Waals surface area contributed by atoms with Crippen molar-refractivity contribution >= 4 is 5.78 Å². The van der Waals surface area contributed by atoms with Crippen LogP contribution in [0.5, 0.6) is 11.5 Å². The van der Waals surface area contributed by atoms with Crippen LogP contribution in [0.2, 0.25) is 0 Å². The summed E-state index contributed by atoms with van der Waals surface area (Å²) in [5.41, 5.74) is 5.39. The van der Waals surface area contributed by atoms with E-state index in [1.807, 2.05) is 12.1 Å². The number of fused-ring (bicyclic) bond motifs is 5. The number of allylic oxidation sites excluding steroid dienone is 4. The van der Waals surface area contributed by atoms with E-state index in [9.17, 15) is 9.90 Å². The van der Waals surface area contributed by atoms with Crippen LogP contribution in [0.1, 0.15) is 63.4 Å². The second-order valence-corrected chi connectivity index (χ2v) is 10.0. The fraction of sp³-hybridized carbons (Fsp3) is 0.577. The summed E-state index contributed by atoms with van der Waals surface area (Å²) >= 11 is 0. The maximum atomic E-state index is 12.1. The molecule has 1 aromatic rings. The summed E-state index contributed by atoms with van der Waals surface area (Å²) in [6, 6.07) is 6.27. The third-order valence-electron chi connectivity index (χ3n) is 8.65. The third kappa shape index (κ3) is 2.59. The van der Waals surface area contributed by atoms with Gasteiger partial charge >= 0.3 is 0 Å². The highest BCUT2D eigenvalue weighted by atomic mass is 16.6. The minimum Gasteiger partial charge on any atom is -0.486 e. The molecular weight excluding hydrogens is 376 g/mol. The molecule has 158 valence electrons. The molecule has 4 heteroatoms. The van der Waals surface area contributed by atoms with Gasteiger partial charge in [0.1, 0.15) is 13.2 Å². The first kappa shape index (κ1) is 18.7. The van der Waals surface area contributed by atoms with Crippen LogP contribution in [0.3, 0.4) is 0 Å². The minimum atomic E-state index is -0.238. The Kier molecular flexibility index (Phi) is 4.18. The molecule has 1 N–H and O–H groups in total. The Bertz CT molecular complexity index is 973. The maximum Gasteiger partial charge on any atom is 0.165 e. The van der Waals surface area contributed by atoms with Gasteiger partial charge in [0.2, 0.25) is 0 Å². The van der Waals surface area contributed by atoms with E-state index in [4.69, 9.17) is 9.47 Å². The monoisotopic (exact) mass is 406 g/mol. The lowest BCUT2D eigenvalue weighted by atomic mass is 9.53. The molecule has 6 rings (SSSR count). The number of para-hydroxylation sites is 1. The Morgan fingerprint density at radius 1 is 1.07 bits per heavy atom. The summed E-state index contributed by atoms with van der Waals surface area (Å²) in [6.07, 6.45) is 8.20.